The van der Waals surface area contributed by atoms with Gasteiger partial charge < -0.3 is 15.7 Å². The number of carbonyl (C=O) groups excluding carboxylic acids is 1. The van der Waals surface area contributed by atoms with Gasteiger partial charge in [0, 0.05) is 5.54 Å². The topological polar surface area (TPSA) is 78.4 Å². The van der Waals surface area contributed by atoms with Crippen molar-refractivity contribution < 1.29 is 14.7 Å². The van der Waals surface area contributed by atoms with Crippen LogP contribution in [0.1, 0.15) is 31.1 Å². The van der Waals surface area contributed by atoms with Gasteiger partial charge in [-0.25, -0.2) is 4.79 Å². The largest absolute Gasteiger partial charge is 0.478 e. The lowest BCUT2D eigenvalue weighted by Crippen LogP contribution is -2.41. The number of nitrogens with one attached hydrogen (secondary N) is 2. The quantitative estimate of drug-likeness (QED) is 0.793. The van der Waals surface area contributed by atoms with Crippen LogP contribution in [0.4, 0.5) is 5.69 Å². The Balaban J connectivity index is 2.73. The maximum absolute atomic E-state index is 11.7. The maximum atomic E-state index is 11.7. The summed E-state index contributed by atoms with van der Waals surface area (Å²) in [5.41, 5.74) is 0.190. The number of anilines is 1. The Kier molecular flexibility index (Phi) is 4.91. The average Bonchev–Trinajstić information content (AvgIpc) is 2.28. The number of benzene rings is 1. The van der Waals surface area contributed by atoms with Crippen molar-refractivity contribution >= 4 is 29.2 Å². The second-order valence-electron chi connectivity index (χ2n) is 5.15. The molecule has 0 aliphatic carbocycles. The molecule has 1 rings (SSSR count). The predicted molar refractivity (Wildman–Crippen MR) is 74.8 cm³/mol. The molecule has 1 aromatic carbocycles. The van der Waals surface area contributed by atoms with Gasteiger partial charge in [-0.05, 0) is 39.0 Å². The number of amides is 1. The van der Waals surface area contributed by atoms with Crippen LogP contribution in [0.25, 0.3) is 0 Å². The van der Waals surface area contributed by atoms with Gasteiger partial charge in [-0.3, -0.25) is 4.79 Å². The van der Waals surface area contributed by atoms with Crippen LogP contribution in [0.2, 0.25) is 5.02 Å². The van der Waals surface area contributed by atoms with E-state index in [1.54, 1.807) is 0 Å². The van der Waals surface area contributed by atoms with Gasteiger partial charge in [0.15, 0.2) is 0 Å². The summed E-state index contributed by atoms with van der Waals surface area (Å²) >= 11 is 5.91. The summed E-state index contributed by atoms with van der Waals surface area (Å²) in [4.78, 5) is 22.6. The van der Waals surface area contributed by atoms with Crippen LogP contribution in [-0.2, 0) is 4.79 Å². The first-order valence-electron chi connectivity index (χ1n) is 5.77. The lowest BCUT2D eigenvalue weighted by Gasteiger charge is -2.20. The minimum Gasteiger partial charge on any atom is -0.478 e. The summed E-state index contributed by atoms with van der Waals surface area (Å²) in [5.74, 6) is -1.35. The van der Waals surface area contributed by atoms with Crippen LogP contribution in [0, 0.1) is 0 Å². The van der Waals surface area contributed by atoms with E-state index in [9.17, 15) is 9.59 Å². The second-order valence-corrected chi connectivity index (χ2v) is 5.56. The van der Waals surface area contributed by atoms with Crippen LogP contribution in [0.5, 0.6) is 0 Å². The van der Waals surface area contributed by atoms with E-state index in [0.29, 0.717) is 10.7 Å². The first-order valence-corrected chi connectivity index (χ1v) is 6.14. The third-order valence-corrected chi connectivity index (χ3v) is 2.60. The number of carbonyl (C=O) groups is 2. The molecule has 0 aliphatic rings. The molecule has 0 unspecified atom stereocenters. The molecule has 5 nitrogen and oxygen atoms in total. The van der Waals surface area contributed by atoms with Crippen molar-refractivity contribution in [1.29, 1.82) is 0 Å². The van der Waals surface area contributed by atoms with Crippen molar-refractivity contribution in [2.24, 2.45) is 0 Å². The van der Waals surface area contributed by atoms with E-state index in [0.717, 1.165) is 0 Å². The first kappa shape index (κ1) is 15.5. The Morgan fingerprint density at radius 1 is 1.32 bits per heavy atom. The summed E-state index contributed by atoms with van der Waals surface area (Å²) in [7, 11) is 0. The molecule has 0 spiro atoms. The predicted octanol–water partition coefficient (Wildman–Crippen LogP) is 2.36. The number of aromatic carboxylic acids is 1. The Labute approximate surface area is 117 Å². The van der Waals surface area contributed by atoms with Crippen molar-refractivity contribution in [1.82, 2.24) is 5.32 Å². The molecule has 104 valence electrons. The maximum Gasteiger partial charge on any atom is 0.335 e. The Hall–Kier alpha value is -1.59. The zero-order valence-corrected chi connectivity index (χ0v) is 11.8. The van der Waals surface area contributed by atoms with Crippen molar-refractivity contribution in [3.63, 3.8) is 0 Å². The summed E-state index contributed by atoms with van der Waals surface area (Å²) in [6.07, 6.45) is 0. The highest BCUT2D eigenvalue weighted by Gasteiger charge is 2.13. The number of hydrogen-bond acceptors (Lipinski definition) is 3. The van der Waals surface area contributed by atoms with Crippen molar-refractivity contribution in [3.05, 3.63) is 28.8 Å². The van der Waals surface area contributed by atoms with Crippen LogP contribution < -0.4 is 10.6 Å². The first-order chi connectivity index (χ1) is 8.69. The molecular formula is C13H17ClN2O3. The molecule has 0 aromatic heterocycles. The van der Waals surface area contributed by atoms with Gasteiger partial charge in [-0.2, -0.15) is 0 Å². The van der Waals surface area contributed by atoms with Gasteiger partial charge in [-0.15, -0.1) is 0 Å². The van der Waals surface area contributed by atoms with E-state index in [2.05, 4.69) is 10.6 Å². The van der Waals surface area contributed by atoms with Crippen molar-refractivity contribution in [2.45, 2.75) is 26.3 Å². The van der Waals surface area contributed by atoms with E-state index >= 15 is 0 Å². The fourth-order valence-corrected chi connectivity index (χ4v) is 1.46. The van der Waals surface area contributed by atoms with E-state index in [-0.39, 0.29) is 23.6 Å². The molecule has 0 saturated heterocycles. The van der Waals surface area contributed by atoms with Crippen LogP contribution in [0.15, 0.2) is 18.2 Å². The molecule has 1 aromatic rings. The summed E-state index contributed by atoms with van der Waals surface area (Å²) in [5, 5.41) is 14.8. The summed E-state index contributed by atoms with van der Waals surface area (Å²) in [6, 6.07) is 4.16. The van der Waals surface area contributed by atoms with Gasteiger partial charge in [0.2, 0.25) is 5.91 Å². The fourth-order valence-electron chi connectivity index (χ4n) is 1.29. The molecule has 0 saturated carbocycles. The highest BCUT2D eigenvalue weighted by atomic mass is 35.5. The normalized spacial score (nSPS) is 11.2. The number of hydrogen-bond donors (Lipinski definition) is 3. The second kappa shape index (κ2) is 6.04. The molecule has 1 amide bonds. The molecular weight excluding hydrogens is 268 g/mol. The van der Waals surface area contributed by atoms with Gasteiger partial charge >= 0.3 is 5.97 Å². The number of carboxylic acid groups (broad SMARTS) is 1. The molecule has 0 aliphatic heterocycles. The minimum absolute atomic E-state index is 0.0727. The average molecular weight is 285 g/mol. The zero-order valence-electron chi connectivity index (χ0n) is 11.1. The smallest absolute Gasteiger partial charge is 0.335 e. The minimum atomic E-state index is -1.07. The fraction of sp³-hybridized carbons (Fsp3) is 0.385. The lowest BCUT2D eigenvalue weighted by atomic mass is 10.1. The monoisotopic (exact) mass is 284 g/mol. The number of halogens is 1. The SMILES string of the molecule is CC(C)(C)NCC(=O)Nc1cc(C(=O)O)ccc1Cl. The highest BCUT2D eigenvalue weighted by molar-refractivity contribution is 6.33. The van der Waals surface area contributed by atoms with E-state index in [1.807, 2.05) is 20.8 Å². The molecule has 3 N–H and O–H groups in total. The Morgan fingerprint density at radius 2 is 1.95 bits per heavy atom. The zero-order chi connectivity index (χ0) is 14.6. The molecule has 0 radical (unpaired) electrons. The van der Waals surface area contributed by atoms with Gasteiger partial charge in [0.05, 0.1) is 22.8 Å². The van der Waals surface area contributed by atoms with Crippen molar-refractivity contribution in [3.8, 4) is 0 Å². The summed E-state index contributed by atoms with van der Waals surface area (Å²) < 4.78 is 0. The molecule has 0 atom stereocenters. The van der Waals surface area contributed by atoms with Gasteiger partial charge in [0.25, 0.3) is 0 Å². The third kappa shape index (κ3) is 5.28. The molecule has 0 heterocycles. The molecule has 0 bridgehead atoms. The van der Waals surface area contributed by atoms with Crippen molar-refractivity contribution in [2.75, 3.05) is 11.9 Å². The van der Waals surface area contributed by atoms with E-state index in [4.69, 9.17) is 16.7 Å². The molecule has 6 heteroatoms. The standard InChI is InChI=1S/C13H17ClN2O3/c1-13(2,3)15-7-11(17)16-10-6-8(12(18)19)4-5-9(10)14/h4-6,15H,7H2,1-3H3,(H,16,17)(H,18,19). The molecule has 19 heavy (non-hydrogen) atoms. The number of carboxylic acids is 1. The van der Waals surface area contributed by atoms with Crippen LogP contribution in [-0.4, -0.2) is 29.1 Å². The Morgan fingerprint density at radius 3 is 2.47 bits per heavy atom. The van der Waals surface area contributed by atoms with Gasteiger partial charge in [0.1, 0.15) is 0 Å². The van der Waals surface area contributed by atoms with E-state index < -0.39 is 5.97 Å². The molecule has 0 fully saturated rings. The summed E-state index contributed by atoms with van der Waals surface area (Å²) in [6.45, 7) is 5.95. The Bertz CT molecular complexity index is 495. The van der Waals surface area contributed by atoms with Crippen LogP contribution >= 0.6 is 11.6 Å². The van der Waals surface area contributed by atoms with Gasteiger partial charge in [-0.1, -0.05) is 11.6 Å². The number of rotatable bonds is 4. The third-order valence-electron chi connectivity index (χ3n) is 2.27. The highest BCUT2D eigenvalue weighted by Crippen LogP contribution is 2.23. The van der Waals surface area contributed by atoms with E-state index in [1.165, 1.54) is 18.2 Å². The lowest BCUT2D eigenvalue weighted by molar-refractivity contribution is -0.115. The van der Waals surface area contributed by atoms with Crippen LogP contribution in [0.3, 0.4) is 0 Å².